The van der Waals surface area contributed by atoms with Crippen molar-refractivity contribution in [2.24, 2.45) is 0 Å². The summed E-state index contributed by atoms with van der Waals surface area (Å²) in [6.07, 6.45) is -2.51. The number of anilines is 1. The molecule has 1 aromatic carbocycles. The van der Waals surface area contributed by atoms with E-state index in [1.165, 1.54) is 45.4 Å². The van der Waals surface area contributed by atoms with Gasteiger partial charge in [0.1, 0.15) is 5.69 Å². The van der Waals surface area contributed by atoms with Crippen LogP contribution in [0.25, 0.3) is 5.82 Å². The summed E-state index contributed by atoms with van der Waals surface area (Å²) in [4.78, 5) is 41.6. The molecular weight excluding hydrogens is 579 g/mol. The van der Waals surface area contributed by atoms with E-state index in [0.29, 0.717) is 10.7 Å². The molecule has 17 heteroatoms. The Bertz CT molecular complexity index is 1620. The molecule has 0 aliphatic carbocycles. The molecule has 4 N–H and O–H groups in total. The van der Waals surface area contributed by atoms with Gasteiger partial charge >= 0.3 is 11.9 Å². The minimum absolute atomic E-state index is 0.0847. The Labute approximate surface area is 231 Å². The van der Waals surface area contributed by atoms with Crippen LogP contribution in [-0.2, 0) is 15.9 Å². The SMILES string of the molecule is Cc1cc([N+](=O)O)cc(C(=O)NC(C)(C)CS(C)(=N)=O)c1NC(=O)c1cc(C(F)(F)F)nn1-c1ncccc1Cl. The van der Waals surface area contributed by atoms with Gasteiger partial charge in [-0.2, -0.15) is 18.3 Å². The molecule has 2 amide bonds. The van der Waals surface area contributed by atoms with Crippen LogP contribution in [0, 0.1) is 16.6 Å². The number of nitrogens with zero attached hydrogens (tertiary/aromatic N) is 4. The molecule has 0 saturated carbocycles. The number of benzene rings is 1. The molecule has 0 bridgehead atoms. The third-order valence-corrected chi connectivity index (χ3v) is 6.85. The van der Waals surface area contributed by atoms with Crippen molar-refractivity contribution in [2.75, 3.05) is 17.3 Å². The van der Waals surface area contributed by atoms with Gasteiger partial charge in [0, 0.05) is 45.9 Å². The van der Waals surface area contributed by atoms with Crippen LogP contribution in [0.1, 0.15) is 46.0 Å². The molecule has 2 aromatic heterocycles. The zero-order valence-corrected chi connectivity index (χ0v) is 23.0. The lowest BCUT2D eigenvalue weighted by molar-refractivity contribution is -0.729. The second-order valence-corrected chi connectivity index (χ2v) is 12.2. The van der Waals surface area contributed by atoms with Gasteiger partial charge in [-0.15, -0.1) is 0 Å². The fraction of sp³-hybridized carbons (Fsp3) is 0.304. The zero-order chi connectivity index (χ0) is 30.2. The molecule has 0 fully saturated rings. The van der Waals surface area contributed by atoms with E-state index in [-0.39, 0.29) is 39.1 Å². The Kier molecular flexibility index (Phi) is 8.27. The van der Waals surface area contributed by atoms with Crippen molar-refractivity contribution in [3.8, 4) is 5.82 Å². The van der Waals surface area contributed by atoms with Crippen LogP contribution in [0.5, 0.6) is 0 Å². The Morgan fingerprint density at radius 2 is 1.88 bits per heavy atom. The maximum Gasteiger partial charge on any atom is 0.435 e. The number of hydrogen-bond donors (Lipinski definition) is 4. The number of pyridine rings is 1. The van der Waals surface area contributed by atoms with Crippen LogP contribution in [-0.4, -0.2) is 58.5 Å². The fourth-order valence-corrected chi connectivity index (χ4v) is 5.53. The van der Waals surface area contributed by atoms with Crippen LogP contribution in [0.2, 0.25) is 5.02 Å². The molecule has 1 atom stereocenters. The molecule has 0 aliphatic rings. The number of alkyl halides is 3. The highest BCUT2D eigenvalue weighted by molar-refractivity contribution is 7.91. The number of amides is 2. The summed E-state index contributed by atoms with van der Waals surface area (Å²) in [6, 6.07) is 5.31. The first-order chi connectivity index (χ1) is 18.3. The van der Waals surface area contributed by atoms with Gasteiger partial charge in [-0.1, -0.05) is 11.6 Å². The summed E-state index contributed by atoms with van der Waals surface area (Å²) >= 11 is 6.08. The average Bonchev–Trinajstić information content (AvgIpc) is 3.24. The number of nitrogens with one attached hydrogen (secondary N) is 3. The van der Waals surface area contributed by atoms with E-state index in [2.05, 4.69) is 20.7 Å². The second-order valence-electron chi connectivity index (χ2n) is 9.53. The van der Waals surface area contributed by atoms with Gasteiger partial charge in [0.05, 0.1) is 26.9 Å². The Balaban J connectivity index is 2.12. The highest BCUT2D eigenvalue weighted by atomic mass is 35.5. The lowest BCUT2D eigenvalue weighted by Gasteiger charge is -2.27. The number of carbonyl (C=O) groups is 2. The van der Waals surface area contributed by atoms with E-state index in [1.807, 2.05) is 0 Å². The second kappa shape index (κ2) is 10.8. The van der Waals surface area contributed by atoms with Gasteiger partial charge < -0.3 is 10.6 Å². The maximum absolute atomic E-state index is 13.5. The van der Waals surface area contributed by atoms with E-state index in [4.69, 9.17) is 16.4 Å². The van der Waals surface area contributed by atoms with Gasteiger partial charge in [0.25, 0.3) is 16.7 Å². The number of rotatable bonds is 8. The van der Waals surface area contributed by atoms with Crippen molar-refractivity contribution in [1.82, 2.24) is 20.1 Å². The minimum Gasteiger partial charge on any atom is -0.346 e. The molecule has 3 rings (SSSR count). The summed E-state index contributed by atoms with van der Waals surface area (Å²) in [6.45, 7) is 4.37. The highest BCUT2D eigenvalue weighted by Gasteiger charge is 2.37. The normalized spacial score (nSPS) is 13.4. The number of halogens is 4. The first-order valence-corrected chi connectivity index (χ1v) is 13.7. The summed E-state index contributed by atoms with van der Waals surface area (Å²) in [7, 11) is -3.05. The van der Waals surface area contributed by atoms with Crippen molar-refractivity contribution in [3.05, 3.63) is 69.0 Å². The van der Waals surface area contributed by atoms with Crippen molar-refractivity contribution in [3.63, 3.8) is 0 Å². The largest absolute Gasteiger partial charge is 0.435 e. The molecule has 0 spiro atoms. The number of hydrogen-bond acceptors (Lipinski definition) is 7. The highest BCUT2D eigenvalue weighted by Crippen LogP contribution is 2.32. The third-order valence-electron chi connectivity index (χ3n) is 5.28. The number of aryl methyl sites for hydroxylation is 1. The molecule has 3 aromatic rings. The standard InChI is InChI=1S/C23H23ClF3N7O5S/c1-12-8-13(34(37)38)9-14(20(35)31-22(2,3)11-40(4,28)39)18(12)30-21(36)16-10-17(23(25,26)27)32-33(16)19-15(24)6-5-7-29-19/h5-10,28H,11H2,1-4H3,(H2-,30,31,35,36,37,38)/p+1. The molecule has 2 heterocycles. The quantitative estimate of drug-likeness (QED) is 0.275. The van der Waals surface area contributed by atoms with Crippen molar-refractivity contribution >= 4 is 44.5 Å². The lowest BCUT2D eigenvalue weighted by Crippen LogP contribution is -2.48. The van der Waals surface area contributed by atoms with E-state index in [1.54, 1.807) is 0 Å². The van der Waals surface area contributed by atoms with Gasteiger partial charge in [-0.3, -0.25) is 18.6 Å². The van der Waals surface area contributed by atoms with E-state index in [9.17, 15) is 37.1 Å². The van der Waals surface area contributed by atoms with Crippen molar-refractivity contribution in [2.45, 2.75) is 32.5 Å². The third kappa shape index (κ3) is 7.12. The van der Waals surface area contributed by atoms with Crippen molar-refractivity contribution < 1.29 is 37.1 Å². The van der Waals surface area contributed by atoms with Crippen LogP contribution >= 0.6 is 11.6 Å². The van der Waals surface area contributed by atoms with Gasteiger partial charge in [0.15, 0.2) is 11.5 Å². The Morgan fingerprint density at radius 1 is 1.23 bits per heavy atom. The summed E-state index contributed by atoms with van der Waals surface area (Å²) in [5, 5.41) is 17.7. The summed E-state index contributed by atoms with van der Waals surface area (Å²) in [5.74, 6) is -2.55. The van der Waals surface area contributed by atoms with E-state index in [0.717, 1.165) is 12.1 Å². The van der Waals surface area contributed by atoms with Crippen LogP contribution in [0.4, 0.5) is 24.5 Å². The molecular formula is C23H24ClF3N7O5S+. The van der Waals surface area contributed by atoms with Crippen LogP contribution < -0.4 is 10.6 Å². The molecule has 0 aliphatic heterocycles. The fourth-order valence-electron chi connectivity index (χ4n) is 3.88. The smallest absolute Gasteiger partial charge is 0.346 e. The Hall–Kier alpha value is -4.05. The average molecular weight is 603 g/mol. The molecule has 12 nitrogen and oxygen atoms in total. The molecule has 40 heavy (non-hydrogen) atoms. The van der Waals surface area contributed by atoms with Crippen LogP contribution in [0.3, 0.4) is 0 Å². The van der Waals surface area contributed by atoms with E-state index < -0.39 is 49.6 Å². The molecule has 214 valence electrons. The predicted octanol–water partition coefficient (Wildman–Crippen LogP) is 4.48. The summed E-state index contributed by atoms with van der Waals surface area (Å²) in [5.41, 5.74) is -4.09. The zero-order valence-electron chi connectivity index (χ0n) is 21.5. The monoisotopic (exact) mass is 602 g/mol. The lowest BCUT2D eigenvalue weighted by atomic mass is 10.0. The predicted molar refractivity (Wildman–Crippen MR) is 139 cm³/mol. The Morgan fingerprint density at radius 3 is 2.42 bits per heavy atom. The van der Waals surface area contributed by atoms with Crippen LogP contribution in [0.15, 0.2) is 36.5 Å². The van der Waals surface area contributed by atoms with Gasteiger partial charge in [-0.05, 0) is 38.5 Å². The molecule has 0 radical (unpaired) electrons. The van der Waals surface area contributed by atoms with Gasteiger partial charge in [0.2, 0.25) is 0 Å². The molecule has 1 unspecified atom stereocenters. The van der Waals surface area contributed by atoms with Gasteiger partial charge in [-0.25, -0.2) is 14.9 Å². The topological polar surface area (TPSA) is 170 Å². The maximum atomic E-state index is 13.5. The summed E-state index contributed by atoms with van der Waals surface area (Å²) < 4.78 is 60.8. The first-order valence-electron chi connectivity index (χ1n) is 11.2. The minimum atomic E-state index is -4.93. The van der Waals surface area contributed by atoms with E-state index >= 15 is 0 Å². The van der Waals surface area contributed by atoms with Crippen molar-refractivity contribution in [1.29, 1.82) is 4.78 Å². The number of carbonyl (C=O) groups excluding carboxylic acids is 2. The first kappa shape index (κ1) is 30.5. The number of aromatic nitrogens is 3. The molecule has 0 saturated heterocycles.